The summed E-state index contributed by atoms with van der Waals surface area (Å²) in [4.78, 5) is 0. The summed E-state index contributed by atoms with van der Waals surface area (Å²) < 4.78 is 41.6. The van der Waals surface area contributed by atoms with Gasteiger partial charge >= 0.3 is 29.6 Å². The standard InChI is InChI=1S/C2H2F4.Na.H/c3-1(4)2(5)6;;/h1-2H;;/q;+1;-1. The molecule has 0 saturated heterocycles. The number of hydrogen-bond donors (Lipinski definition) is 0. The van der Waals surface area contributed by atoms with Crippen LogP contribution in [0.15, 0.2) is 0 Å². The molecule has 0 aromatic heterocycles. The molecule has 5 heteroatoms. The summed E-state index contributed by atoms with van der Waals surface area (Å²) in [7, 11) is 0. The first-order valence-corrected chi connectivity index (χ1v) is 1.21. The summed E-state index contributed by atoms with van der Waals surface area (Å²) in [5.74, 6) is 0. The van der Waals surface area contributed by atoms with E-state index in [9.17, 15) is 17.6 Å². The summed E-state index contributed by atoms with van der Waals surface area (Å²) in [5, 5.41) is 0. The molecule has 0 atom stereocenters. The van der Waals surface area contributed by atoms with Crippen LogP contribution in [0.1, 0.15) is 1.43 Å². The van der Waals surface area contributed by atoms with Crippen molar-refractivity contribution in [3.63, 3.8) is 0 Å². The summed E-state index contributed by atoms with van der Waals surface area (Å²) in [6.07, 6.45) is -6.96. The largest absolute Gasteiger partial charge is 1.00 e. The summed E-state index contributed by atoms with van der Waals surface area (Å²) in [6.45, 7) is 0. The molecular formula is C2H3F4Na. The number of hydrogen-bond acceptors (Lipinski definition) is 0. The average molecular weight is 126 g/mol. The number of rotatable bonds is 1. The zero-order chi connectivity index (χ0) is 5.15. The van der Waals surface area contributed by atoms with Crippen LogP contribution in [0.25, 0.3) is 0 Å². The Bertz CT molecular complexity index is 35.0. The molecule has 0 saturated carbocycles. The van der Waals surface area contributed by atoms with Gasteiger partial charge in [0.25, 0.3) is 12.9 Å². The molecule has 0 fully saturated rings. The third-order valence-corrected chi connectivity index (χ3v) is 0.190. The first-order chi connectivity index (χ1) is 2.64. The fraction of sp³-hybridized carbons (Fsp3) is 1.00. The van der Waals surface area contributed by atoms with Crippen LogP contribution in [0.4, 0.5) is 17.6 Å². The Kier molecular flexibility index (Phi) is 7.41. The minimum Gasteiger partial charge on any atom is -1.00 e. The van der Waals surface area contributed by atoms with Gasteiger partial charge in [0.1, 0.15) is 0 Å². The Morgan fingerprint density at radius 1 is 0.857 bits per heavy atom. The first kappa shape index (κ1) is 10.7. The van der Waals surface area contributed by atoms with Crippen molar-refractivity contribution in [2.75, 3.05) is 0 Å². The minimum absolute atomic E-state index is 0. The molecule has 0 aliphatic heterocycles. The van der Waals surface area contributed by atoms with Crippen molar-refractivity contribution >= 4 is 0 Å². The van der Waals surface area contributed by atoms with Gasteiger partial charge in [-0.15, -0.1) is 0 Å². The fourth-order valence-electron chi connectivity index (χ4n) is 0. The summed E-state index contributed by atoms with van der Waals surface area (Å²) in [5.41, 5.74) is 0. The molecule has 0 spiro atoms. The maximum Gasteiger partial charge on any atom is 1.00 e. The Labute approximate surface area is 61.7 Å². The van der Waals surface area contributed by atoms with Crippen molar-refractivity contribution in [1.82, 2.24) is 0 Å². The van der Waals surface area contributed by atoms with E-state index in [4.69, 9.17) is 0 Å². The van der Waals surface area contributed by atoms with Gasteiger partial charge in [0.05, 0.1) is 0 Å². The smallest absolute Gasteiger partial charge is 1.00 e. The molecule has 0 bridgehead atoms. The van der Waals surface area contributed by atoms with Gasteiger partial charge in [-0.1, -0.05) is 0 Å². The summed E-state index contributed by atoms with van der Waals surface area (Å²) >= 11 is 0. The minimum atomic E-state index is -3.48. The molecule has 0 nitrogen and oxygen atoms in total. The fourth-order valence-corrected chi connectivity index (χ4v) is 0. The molecule has 0 radical (unpaired) electrons. The van der Waals surface area contributed by atoms with Gasteiger partial charge in [0.2, 0.25) is 0 Å². The average Bonchev–Trinajstić information content (AvgIpc) is 1.36. The molecule has 0 N–H and O–H groups in total. The van der Waals surface area contributed by atoms with Crippen LogP contribution in [0.2, 0.25) is 0 Å². The predicted molar refractivity (Wildman–Crippen MR) is 13.1 cm³/mol. The molecule has 0 heterocycles. The molecule has 0 aromatic carbocycles. The molecule has 40 valence electrons. The van der Waals surface area contributed by atoms with E-state index in [-0.39, 0.29) is 31.0 Å². The monoisotopic (exact) mass is 126 g/mol. The van der Waals surface area contributed by atoms with Crippen LogP contribution in [-0.4, -0.2) is 12.9 Å². The molecule has 0 amide bonds. The van der Waals surface area contributed by atoms with E-state index in [0.29, 0.717) is 0 Å². The normalized spacial score (nSPS) is 9.43. The van der Waals surface area contributed by atoms with E-state index in [0.717, 1.165) is 0 Å². The van der Waals surface area contributed by atoms with Crippen molar-refractivity contribution in [1.29, 1.82) is 0 Å². The molecule has 0 aliphatic rings. The van der Waals surface area contributed by atoms with Crippen molar-refractivity contribution in [3.05, 3.63) is 0 Å². The third-order valence-electron chi connectivity index (χ3n) is 0.190. The second kappa shape index (κ2) is 4.87. The summed E-state index contributed by atoms with van der Waals surface area (Å²) in [6, 6.07) is 0. The SMILES string of the molecule is FC(F)C(F)F.[H-].[Na+]. The van der Waals surface area contributed by atoms with Crippen LogP contribution in [0.3, 0.4) is 0 Å². The second-order valence-electron chi connectivity index (χ2n) is 0.669. The molecular weight excluding hydrogens is 123 g/mol. The predicted octanol–water partition coefficient (Wildman–Crippen LogP) is -1.37. The van der Waals surface area contributed by atoms with E-state index < -0.39 is 12.9 Å². The van der Waals surface area contributed by atoms with E-state index >= 15 is 0 Å². The van der Waals surface area contributed by atoms with Gasteiger partial charge in [-0.2, -0.15) is 0 Å². The van der Waals surface area contributed by atoms with Crippen molar-refractivity contribution in [3.8, 4) is 0 Å². The maximum atomic E-state index is 10.4. The van der Waals surface area contributed by atoms with E-state index in [2.05, 4.69) is 0 Å². The van der Waals surface area contributed by atoms with E-state index in [1.54, 1.807) is 0 Å². The van der Waals surface area contributed by atoms with Crippen LogP contribution < -0.4 is 29.6 Å². The van der Waals surface area contributed by atoms with Gasteiger partial charge in [-0.05, 0) is 0 Å². The van der Waals surface area contributed by atoms with Crippen LogP contribution in [-0.2, 0) is 0 Å². The van der Waals surface area contributed by atoms with Gasteiger partial charge in [0, 0.05) is 0 Å². The number of halogens is 4. The zero-order valence-corrected chi connectivity index (χ0v) is 5.67. The Morgan fingerprint density at radius 3 is 1.00 bits per heavy atom. The topological polar surface area (TPSA) is 0 Å². The van der Waals surface area contributed by atoms with Gasteiger partial charge < -0.3 is 1.43 Å². The van der Waals surface area contributed by atoms with Crippen molar-refractivity contribution in [2.45, 2.75) is 12.9 Å². The Balaban J connectivity index is -0.000000125. The second-order valence-corrected chi connectivity index (χ2v) is 0.669. The molecule has 0 aromatic rings. The van der Waals surface area contributed by atoms with E-state index in [1.807, 2.05) is 0 Å². The molecule has 0 aliphatic carbocycles. The maximum absolute atomic E-state index is 10.4. The Hall–Kier alpha value is 0.720. The molecule has 0 rings (SSSR count). The third kappa shape index (κ3) is 6.72. The van der Waals surface area contributed by atoms with Crippen LogP contribution in [0.5, 0.6) is 0 Å². The zero-order valence-electron chi connectivity index (χ0n) is 4.67. The first-order valence-electron chi connectivity index (χ1n) is 1.21. The number of alkyl halides is 4. The molecule has 0 unspecified atom stereocenters. The van der Waals surface area contributed by atoms with Crippen molar-refractivity contribution < 1.29 is 48.5 Å². The quantitative estimate of drug-likeness (QED) is 0.300. The molecule has 7 heavy (non-hydrogen) atoms. The van der Waals surface area contributed by atoms with Crippen molar-refractivity contribution in [2.24, 2.45) is 0 Å². The van der Waals surface area contributed by atoms with Gasteiger partial charge in [0.15, 0.2) is 0 Å². The van der Waals surface area contributed by atoms with Crippen LogP contribution >= 0.6 is 0 Å². The van der Waals surface area contributed by atoms with Crippen LogP contribution in [0, 0.1) is 0 Å². The van der Waals surface area contributed by atoms with Gasteiger partial charge in [-0.25, -0.2) is 17.6 Å². The Morgan fingerprint density at radius 2 is 1.00 bits per heavy atom. The van der Waals surface area contributed by atoms with Gasteiger partial charge in [-0.3, -0.25) is 0 Å². The van der Waals surface area contributed by atoms with E-state index in [1.165, 1.54) is 0 Å².